The Labute approximate surface area is 146 Å². The maximum absolute atomic E-state index is 9.57. The summed E-state index contributed by atoms with van der Waals surface area (Å²) in [5, 5.41) is 14.2. The number of rotatable bonds is 4. The minimum Gasteiger partial charge on any atom is -0.411 e. The van der Waals surface area contributed by atoms with E-state index in [2.05, 4.69) is 19.0 Å². The lowest BCUT2D eigenvalue weighted by molar-refractivity contribution is -0.0959. The van der Waals surface area contributed by atoms with Gasteiger partial charge in [-0.05, 0) is 37.8 Å². The Balaban J connectivity index is 1.86. The molecule has 0 amide bonds. The van der Waals surface area contributed by atoms with E-state index in [4.69, 9.17) is 32.7 Å². The van der Waals surface area contributed by atoms with Crippen molar-refractivity contribution in [2.24, 2.45) is 11.1 Å². The van der Waals surface area contributed by atoms with Crippen LogP contribution in [0, 0.1) is 5.92 Å². The highest BCUT2D eigenvalue weighted by atomic mass is 35.5. The van der Waals surface area contributed by atoms with Crippen molar-refractivity contribution in [2.75, 3.05) is 0 Å². The summed E-state index contributed by atoms with van der Waals surface area (Å²) in [7, 11) is 0. The number of hydrogen-bond acceptors (Lipinski definition) is 4. The van der Waals surface area contributed by atoms with Crippen molar-refractivity contribution in [3.63, 3.8) is 0 Å². The molecule has 2 bridgehead atoms. The fraction of sp³-hybridized carbons (Fsp3) is 0.588. The Bertz CT molecular complexity index is 628. The molecule has 3 atom stereocenters. The largest absolute Gasteiger partial charge is 0.411 e. The summed E-state index contributed by atoms with van der Waals surface area (Å²) in [5.41, 5.74) is 0.278. The molecule has 1 aromatic carbocycles. The molecular weight excluding hydrogens is 337 g/mol. The van der Waals surface area contributed by atoms with Crippen LogP contribution in [-0.2, 0) is 16.1 Å². The zero-order chi connectivity index (χ0) is 16.8. The summed E-state index contributed by atoms with van der Waals surface area (Å²) in [5.74, 6) is 0.202. The van der Waals surface area contributed by atoms with E-state index in [0.29, 0.717) is 15.8 Å². The predicted octanol–water partition coefficient (Wildman–Crippen LogP) is 4.69. The zero-order valence-corrected chi connectivity index (χ0v) is 15.0. The summed E-state index contributed by atoms with van der Waals surface area (Å²) in [4.78, 5) is 0. The summed E-state index contributed by atoms with van der Waals surface area (Å²) in [6.07, 6.45) is 1.30. The standard InChI is InChI=1S/C17H21Cl2NO3/c1-10(2)17-8-7-16(3,23-17)15(14(17)20-21)22-9-11-12(18)5-4-6-13(11)19/h4-6,10,15,21H,7-9H2,1-3H3/t15-,16+,17+/m1/s1. The van der Waals surface area contributed by atoms with Crippen LogP contribution < -0.4 is 0 Å². The molecule has 2 aliphatic heterocycles. The van der Waals surface area contributed by atoms with Crippen LogP contribution in [0.2, 0.25) is 10.0 Å². The molecule has 126 valence electrons. The molecule has 1 N–H and O–H groups in total. The Morgan fingerprint density at radius 2 is 2.00 bits per heavy atom. The van der Waals surface area contributed by atoms with Crippen LogP contribution >= 0.6 is 23.2 Å². The lowest BCUT2D eigenvalue weighted by Crippen LogP contribution is -2.48. The Hall–Kier alpha value is -0.810. The minimum absolute atomic E-state index is 0.202. The SMILES string of the molecule is CC(C)[C@]12CC[C@](C)(O1)[C@H](OCc1c(Cl)cccc1Cl)C2=NO. The smallest absolute Gasteiger partial charge is 0.131 e. The predicted molar refractivity (Wildman–Crippen MR) is 90.6 cm³/mol. The van der Waals surface area contributed by atoms with Gasteiger partial charge in [-0.3, -0.25) is 0 Å². The van der Waals surface area contributed by atoms with Crippen LogP contribution in [0.4, 0.5) is 0 Å². The lowest BCUT2D eigenvalue weighted by atomic mass is 9.74. The van der Waals surface area contributed by atoms with Gasteiger partial charge >= 0.3 is 0 Å². The maximum Gasteiger partial charge on any atom is 0.131 e. The average molecular weight is 358 g/mol. The van der Waals surface area contributed by atoms with Gasteiger partial charge < -0.3 is 14.7 Å². The van der Waals surface area contributed by atoms with Gasteiger partial charge in [0.15, 0.2) is 0 Å². The first kappa shape index (κ1) is 17.0. The van der Waals surface area contributed by atoms with Crippen LogP contribution in [0.25, 0.3) is 0 Å². The second kappa shape index (κ2) is 5.92. The van der Waals surface area contributed by atoms with Crippen LogP contribution in [0.5, 0.6) is 0 Å². The summed E-state index contributed by atoms with van der Waals surface area (Å²) >= 11 is 12.4. The van der Waals surface area contributed by atoms with Gasteiger partial charge in [-0.2, -0.15) is 0 Å². The van der Waals surface area contributed by atoms with E-state index in [1.54, 1.807) is 18.2 Å². The van der Waals surface area contributed by atoms with E-state index in [1.807, 2.05) is 6.92 Å². The number of ether oxygens (including phenoxy) is 2. The van der Waals surface area contributed by atoms with Gasteiger partial charge in [-0.1, -0.05) is 48.3 Å². The second-order valence-corrected chi connectivity index (χ2v) is 7.65. The quantitative estimate of drug-likeness (QED) is 0.628. The minimum atomic E-state index is -0.543. The van der Waals surface area contributed by atoms with E-state index in [9.17, 15) is 5.21 Å². The average Bonchev–Trinajstić information content (AvgIpc) is 2.97. The third-order valence-corrected chi connectivity index (χ3v) is 5.85. The normalized spacial score (nSPS) is 34.7. The first-order valence-electron chi connectivity index (χ1n) is 7.81. The molecule has 6 heteroatoms. The number of oxime groups is 1. The number of benzene rings is 1. The monoisotopic (exact) mass is 357 g/mol. The second-order valence-electron chi connectivity index (χ2n) is 6.84. The number of halogens is 2. The van der Waals surface area contributed by atoms with Crippen molar-refractivity contribution < 1.29 is 14.7 Å². The van der Waals surface area contributed by atoms with Gasteiger partial charge in [-0.15, -0.1) is 0 Å². The molecule has 2 saturated heterocycles. The highest BCUT2D eigenvalue weighted by Crippen LogP contribution is 2.53. The van der Waals surface area contributed by atoms with Gasteiger partial charge in [-0.25, -0.2) is 0 Å². The number of nitrogens with zero attached hydrogens (tertiary/aromatic N) is 1. The molecule has 0 saturated carbocycles. The fourth-order valence-corrected chi connectivity index (χ4v) is 4.27. The molecule has 0 spiro atoms. The van der Waals surface area contributed by atoms with E-state index >= 15 is 0 Å². The Kier molecular flexibility index (Phi) is 4.38. The molecule has 0 radical (unpaired) electrons. The molecule has 23 heavy (non-hydrogen) atoms. The third-order valence-electron chi connectivity index (χ3n) is 5.14. The number of fused-ring (bicyclic) bond motifs is 2. The van der Waals surface area contributed by atoms with Gasteiger partial charge in [0.05, 0.1) is 12.2 Å². The molecule has 3 rings (SSSR count). The van der Waals surface area contributed by atoms with Crippen LogP contribution in [0.15, 0.2) is 23.4 Å². The van der Waals surface area contributed by atoms with Crippen molar-refractivity contribution in [2.45, 2.75) is 57.5 Å². The first-order chi connectivity index (χ1) is 10.8. The topological polar surface area (TPSA) is 51.0 Å². The summed E-state index contributed by atoms with van der Waals surface area (Å²) < 4.78 is 12.4. The van der Waals surface area contributed by atoms with E-state index in [-0.39, 0.29) is 12.5 Å². The van der Waals surface area contributed by atoms with Gasteiger partial charge in [0, 0.05) is 15.6 Å². The molecule has 2 fully saturated rings. The van der Waals surface area contributed by atoms with E-state index in [1.165, 1.54) is 0 Å². The first-order valence-corrected chi connectivity index (χ1v) is 8.57. The van der Waals surface area contributed by atoms with Gasteiger partial charge in [0.25, 0.3) is 0 Å². The molecule has 2 aliphatic rings. The van der Waals surface area contributed by atoms with Crippen LogP contribution in [0.3, 0.4) is 0 Å². The van der Waals surface area contributed by atoms with E-state index < -0.39 is 17.3 Å². The van der Waals surface area contributed by atoms with Crippen LogP contribution in [-0.4, -0.2) is 28.2 Å². The molecular formula is C17H21Cl2NO3. The van der Waals surface area contributed by atoms with Crippen molar-refractivity contribution >= 4 is 28.9 Å². The highest BCUT2D eigenvalue weighted by molar-refractivity contribution is 6.35. The fourth-order valence-electron chi connectivity index (χ4n) is 3.76. The summed E-state index contributed by atoms with van der Waals surface area (Å²) in [6, 6.07) is 5.36. The Morgan fingerprint density at radius 3 is 2.57 bits per heavy atom. The highest BCUT2D eigenvalue weighted by Gasteiger charge is 2.65. The zero-order valence-electron chi connectivity index (χ0n) is 13.5. The lowest BCUT2D eigenvalue weighted by Gasteiger charge is -2.32. The molecule has 0 unspecified atom stereocenters. The van der Waals surface area contributed by atoms with Crippen molar-refractivity contribution in [1.29, 1.82) is 0 Å². The maximum atomic E-state index is 9.57. The van der Waals surface area contributed by atoms with Crippen molar-refractivity contribution in [3.8, 4) is 0 Å². The van der Waals surface area contributed by atoms with Gasteiger partial charge in [0.2, 0.25) is 0 Å². The molecule has 4 nitrogen and oxygen atoms in total. The number of hydrogen-bond donors (Lipinski definition) is 1. The Morgan fingerprint density at radius 1 is 1.35 bits per heavy atom. The molecule has 2 heterocycles. The van der Waals surface area contributed by atoms with Crippen molar-refractivity contribution in [3.05, 3.63) is 33.8 Å². The van der Waals surface area contributed by atoms with Gasteiger partial charge in [0.1, 0.15) is 17.4 Å². The van der Waals surface area contributed by atoms with E-state index in [0.717, 1.165) is 18.4 Å². The molecule has 0 aromatic heterocycles. The summed E-state index contributed by atoms with van der Waals surface area (Å²) in [6.45, 7) is 6.40. The van der Waals surface area contributed by atoms with Crippen molar-refractivity contribution in [1.82, 2.24) is 0 Å². The molecule has 0 aliphatic carbocycles. The third kappa shape index (κ3) is 2.56. The molecule has 1 aromatic rings. The van der Waals surface area contributed by atoms with Crippen LogP contribution in [0.1, 0.15) is 39.2 Å².